The molecule has 1 aromatic rings. The smallest absolute Gasteiger partial charge is 0.407 e. The van der Waals surface area contributed by atoms with Gasteiger partial charge < -0.3 is 14.7 Å². The van der Waals surface area contributed by atoms with Gasteiger partial charge in [0, 0.05) is 6.54 Å². The largest absolute Gasteiger partial charge is 0.494 e. The number of nitrogens with zero attached hydrogens (tertiary/aromatic N) is 1. The van der Waals surface area contributed by atoms with E-state index < -0.39 is 11.9 Å². The second kappa shape index (κ2) is 5.94. The predicted molar refractivity (Wildman–Crippen MR) is 73.8 cm³/mol. The van der Waals surface area contributed by atoms with Crippen LogP contribution >= 0.6 is 0 Å². The van der Waals surface area contributed by atoms with Gasteiger partial charge in [-0.2, -0.15) is 0 Å². The van der Waals surface area contributed by atoms with Gasteiger partial charge in [-0.15, -0.1) is 0 Å². The summed E-state index contributed by atoms with van der Waals surface area (Å²) in [5.74, 6) is -0.142. The van der Waals surface area contributed by atoms with Crippen molar-refractivity contribution in [3.63, 3.8) is 0 Å². The van der Waals surface area contributed by atoms with Crippen LogP contribution in [0.1, 0.15) is 36.9 Å². The van der Waals surface area contributed by atoms with Crippen molar-refractivity contribution in [3.8, 4) is 0 Å². The Hall–Kier alpha value is -2.04. The second-order valence-electron chi connectivity index (χ2n) is 4.73. The van der Waals surface area contributed by atoms with E-state index in [2.05, 4.69) is 6.58 Å². The molecule has 4 nitrogen and oxygen atoms in total. The van der Waals surface area contributed by atoms with Crippen molar-refractivity contribution in [2.45, 2.75) is 25.8 Å². The number of amides is 1. The molecule has 1 fully saturated rings. The maximum Gasteiger partial charge on any atom is 0.407 e. The van der Waals surface area contributed by atoms with Crippen molar-refractivity contribution in [2.75, 3.05) is 13.2 Å². The molecule has 0 spiro atoms. The lowest BCUT2D eigenvalue weighted by Crippen LogP contribution is -2.28. The van der Waals surface area contributed by atoms with Crippen LogP contribution in [0.3, 0.4) is 0 Å². The number of halogens is 1. The van der Waals surface area contributed by atoms with Gasteiger partial charge in [-0.3, -0.25) is 0 Å². The lowest BCUT2D eigenvalue weighted by molar-refractivity contribution is 0.140. The molecule has 1 N–H and O–H groups in total. The van der Waals surface area contributed by atoms with E-state index in [1.165, 1.54) is 11.0 Å². The lowest BCUT2D eigenvalue weighted by Gasteiger charge is -2.22. The van der Waals surface area contributed by atoms with Crippen LogP contribution in [0.5, 0.6) is 0 Å². The fourth-order valence-corrected chi connectivity index (χ4v) is 2.56. The number of ether oxygens (including phenoxy) is 1. The van der Waals surface area contributed by atoms with Gasteiger partial charge in [0.2, 0.25) is 0 Å². The summed E-state index contributed by atoms with van der Waals surface area (Å²) in [5, 5.41) is 9.13. The Labute approximate surface area is 117 Å². The van der Waals surface area contributed by atoms with Crippen molar-refractivity contribution < 1.29 is 19.0 Å². The van der Waals surface area contributed by atoms with Gasteiger partial charge in [0.1, 0.15) is 11.6 Å². The zero-order chi connectivity index (χ0) is 14.7. The van der Waals surface area contributed by atoms with Crippen LogP contribution in [0.4, 0.5) is 9.18 Å². The molecule has 2 rings (SSSR count). The van der Waals surface area contributed by atoms with Crippen LogP contribution in [0, 0.1) is 5.82 Å². The SMILES string of the molecule is C=C(OCC)c1ccc(C2CCCN2C(=O)O)cc1F. The Balaban J connectivity index is 2.25. The Morgan fingerprint density at radius 1 is 1.60 bits per heavy atom. The number of hydrogen-bond acceptors (Lipinski definition) is 2. The molecule has 1 saturated heterocycles. The first-order chi connectivity index (χ1) is 9.54. The normalized spacial score (nSPS) is 18.1. The van der Waals surface area contributed by atoms with E-state index in [0.29, 0.717) is 24.3 Å². The van der Waals surface area contributed by atoms with Crippen molar-refractivity contribution in [1.29, 1.82) is 0 Å². The first-order valence-electron chi connectivity index (χ1n) is 6.65. The Bertz CT molecular complexity index is 530. The summed E-state index contributed by atoms with van der Waals surface area (Å²) in [5.41, 5.74) is 0.992. The molecule has 0 bridgehead atoms. The van der Waals surface area contributed by atoms with Crippen LogP contribution in [0.15, 0.2) is 24.8 Å². The average molecular weight is 279 g/mol. The minimum Gasteiger partial charge on any atom is -0.494 e. The predicted octanol–water partition coefficient (Wildman–Crippen LogP) is 3.65. The molecular weight excluding hydrogens is 261 g/mol. The summed E-state index contributed by atoms with van der Waals surface area (Å²) in [6.07, 6.45) is 0.555. The zero-order valence-corrected chi connectivity index (χ0v) is 11.4. The van der Waals surface area contributed by atoms with Crippen LogP contribution in [0.2, 0.25) is 0 Å². The fraction of sp³-hybridized carbons (Fsp3) is 0.400. The maximum atomic E-state index is 14.1. The molecule has 1 aliphatic rings. The summed E-state index contributed by atoms with van der Waals surface area (Å²) in [7, 11) is 0. The number of carbonyl (C=O) groups is 1. The van der Waals surface area contributed by atoms with Crippen LogP contribution in [-0.2, 0) is 4.74 Å². The van der Waals surface area contributed by atoms with E-state index >= 15 is 0 Å². The molecule has 1 amide bonds. The second-order valence-corrected chi connectivity index (χ2v) is 4.73. The highest BCUT2D eigenvalue weighted by molar-refractivity contribution is 5.66. The Morgan fingerprint density at radius 2 is 2.35 bits per heavy atom. The number of hydrogen-bond donors (Lipinski definition) is 1. The lowest BCUT2D eigenvalue weighted by atomic mass is 10.0. The molecule has 0 saturated carbocycles. The van der Waals surface area contributed by atoms with Crippen molar-refractivity contribution in [2.24, 2.45) is 0 Å². The molecule has 1 heterocycles. The highest BCUT2D eigenvalue weighted by Gasteiger charge is 2.30. The molecule has 0 aromatic heterocycles. The van der Waals surface area contributed by atoms with Gasteiger partial charge >= 0.3 is 6.09 Å². The van der Waals surface area contributed by atoms with E-state index in [-0.39, 0.29) is 11.8 Å². The third-order valence-electron chi connectivity index (χ3n) is 3.50. The first kappa shape index (κ1) is 14.4. The highest BCUT2D eigenvalue weighted by Crippen LogP contribution is 2.33. The summed E-state index contributed by atoms with van der Waals surface area (Å²) >= 11 is 0. The third-order valence-corrected chi connectivity index (χ3v) is 3.50. The molecule has 20 heavy (non-hydrogen) atoms. The molecule has 0 aliphatic carbocycles. The number of rotatable bonds is 4. The third kappa shape index (κ3) is 2.76. The average Bonchev–Trinajstić information content (AvgIpc) is 2.88. The van der Waals surface area contributed by atoms with Gasteiger partial charge in [0.15, 0.2) is 0 Å². The standard InChI is InChI=1S/C15H18FNO3/c1-3-20-10(2)12-7-6-11(9-13(12)16)14-5-4-8-17(14)15(18)19/h6-7,9,14H,2-5,8H2,1H3,(H,18,19). The zero-order valence-electron chi connectivity index (χ0n) is 11.4. The van der Waals surface area contributed by atoms with E-state index in [9.17, 15) is 9.18 Å². The van der Waals surface area contributed by atoms with Crippen molar-refractivity contribution in [3.05, 3.63) is 41.7 Å². The minimum atomic E-state index is -0.962. The summed E-state index contributed by atoms with van der Waals surface area (Å²) in [6.45, 7) is 6.41. The van der Waals surface area contributed by atoms with Crippen molar-refractivity contribution in [1.82, 2.24) is 4.90 Å². The van der Waals surface area contributed by atoms with E-state index in [1.807, 2.05) is 0 Å². The Kier molecular flexibility index (Phi) is 4.27. The van der Waals surface area contributed by atoms with Gasteiger partial charge in [0.05, 0.1) is 18.2 Å². The van der Waals surface area contributed by atoms with E-state index in [1.54, 1.807) is 19.1 Å². The summed E-state index contributed by atoms with van der Waals surface area (Å²) < 4.78 is 19.3. The van der Waals surface area contributed by atoms with E-state index in [0.717, 1.165) is 12.8 Å². The van der Waals surface area contributed by atoms with Crippen LogP contribution in [0.25, 0.3) is 5.76 Å². The number of carboxylic acid groups (broad SMARTS) is 1. The maximum absolute atomic E-state index is 14.1. The van der Waals surface area contributed by atoms with E-state index in [4.69, 9.17) is 9.84 Å². The summed E-state index contributed by atoms with van der Waals surface area (Å²) in [4.78, 5) is 12.5. The molecule has 1 aliphatic heterocycles. The fourth-order valence-electron chi connectivity index (χ4n) is 2.56. The molecule has 108 valence electrons. The quantitative estimate of drug-likeness (QED) is 0.856. The van der Waals surface area contributed by atoms with Crippen LogP contribution < -0.4 is 0 Å². The Morgan fingerprint density at radius 3 is 2.95 bits per heavy atom. The molecule has 0 radical (unpaired) electrons. The highest BCUT2D eigenvalue weighted by atomic mass is 19.1. The minimum absolute atomic E-state index is 0.267. The molecule has 5 heteroatoms. The summed E-state index contributed by atoms with van der Waals surface area (Å²) in [6, 6.07) is 4.46. The van der Waals surface area contributed by atoms with Gasteiger partial charge in [-0.05, 0) is 37.5 Å². The van der Waals surface area contributed by atoms with Crippen molar-refractivity contribution >= 4 is 11.9 Å². The monoisotopic (exact) mass is 279 g/mol. The molecular formula is C15H18FNO3. The van der Waals surface area contributed by atoms with Gasteiger partial charge in [0.25, 0.3) is 0 Å². The molecule has 1 unspecified atom stereocenters. The first-order valence-corrected chi connectivity index (χ1v) is 6.65. The van der Waals surface area contributed by atoms with Crippen LogP contribution in [-0.4, -0.2) is 29.3 Å². The van der Waals surface area contributed by atoms with Gasteiger partial charge in [-0.25, -0.2) is 9.18 Å². The molecule has 1 atom stereocenters. The van der Waals surface area contributed by atoms with Gasteiger partial charge in [-0.1, -0.05) is 12.6 Å². The number of likely N-dealkylation sites (tertiary alicyclic amines) is 1. The topological polar surface area (TPSA) is 49.8 Å². The number of benzene rings is 1. The molecule has 1 aromatic carbocycles.